The number of aryl methyl sites for hydroxylation is 1. The van der Waals surface area contributed by atoms with E-state index in [-0.39, 0.29) is 0 Å². The molecule has 1 aromatic carbocycles. The van der Waals surface area contributed by atoms with Gasteiger partial charge in [0.05, 0.1) is 5.69 Å². The number of nitrogens with one attached hydrogen (secondary N) is 1. The van der Waals surface area contributed by atoms with Crippen LogP contribution >= 0.6 is 0 Å². The summed E-state index contributed by atoms with van der Waals surface area (Å²) in [5.41, 5.74) is 8.60. The summed E-state index contributed by atoms with van der Waals surface area (Å²) in [5.74, 6) is 0. The van der Waals surface area contributed by atoms with Crippen LogP contribution in [0.3, 0.4) is 0 Å². The van der Waals surface area contributed by atoms with Gasteiger partial charge < -0.3 is 11.1 Å². The summed E-state index contributed by atoms with van der Waals surface area (Å²) in [7, 11) is 0. The van der Waals surface area contributed by atoms with E-state index in [1.807, 2.05) is 37.3 Å². The quantitative estimate of drug-likeness (QED) is 0.827. The molecule has 0 aliphatic heterocycles. The van der Waals surface area contributed by atoms with E-state index < -0.39 is 6.03 Å². The minimum Gasteiger partial charge on any atom is -0.351 e. The molecule has 0 radical (unpaired) electrons. The van der Waals surface area contributed by atoms with E-state index in [1.165, 1.54) is 0 Å². The second-order valence-electron chi connectivity index (χ2n) is 3.73. The Hall–Kier alpha value is -2.36. The van der Waals surface area contributed by atoms with E-state index in [0.29, 0.717) is 5.69 Å². The Bertz CT molecular complexity index is 535. The molecule has 2 amide bonds. The number of pyridine rings is 1. The van der Waals surface area contributed by atoms with E-state index in [9.17, 15) is 4.79 Å². The van der Waals surface area contributed by atoms with Crippen LogP contribution in [0.15, 0.2) is 42.5 Å². The number of carbonyl (C=O) groups is 1. The van der Waals surface area contributed by atoms with Gasteiger partial charge in [0.25, 0.3) is 0 Å². The molecule has 0 unspecified atom stereocenters. The van der Waals surface area contributed by atoms with Crippen LogP contribution in [0.4, 0.5) is 10.5 Å². The summed E-state index contributed by atoms with van der Waals surface area (Å²) in [6.45, 7) is 1.95. The van der Waals surface area contributed by atoms with Gasteiger partial charge in [-0.25, -0.2) is 4.79 Å². The third kappa shape index (κ3) is 2.81. The number of benzene rings is 1. The Kier molecular flexibility index (Phi) is 3.05. The van der Waals surface area contributed by atoms with Gasteiger partial charge in [0.2, 0.25) is 0 Å². The number of rotatable bonds is 2. The number of amides is 2. The van der Waals surface area contributed by atoms with Crippen molar-refractivity contribution in [2.45, 2.75) is 6.92 Å². The standard InChI is InChI=1S/C13H13N3O/c1-9-3-2-4-12(15-9)10-5-7-11(8-6-10)16-13(14)17/h2-8H,1H3,(H3,14,16,17). The van der Waals surface area contributed by atoms with E-state index >= 15 is 0 Å². The Morgan fingerprint density at radius 3 is 2.47 bits per heavy atom. The number of hydrogen-bond donors (Lipinski definition) is 2. The Morgan fingerprint density at radius 2 is 1.88 bits per heavy atom. The fourth-order valence-electron chi connectivity index (χ4n) is 1.57. The maximum absolute atomic E-state index is 10.7. The maximum atomic E-state index is 10.7. The SMILES string of the molecule is Cc1cccc(-c2ccc(NC(N)=O)cc2)n1. The van der Waals surface area contributed by atoms with Crippen LogP contribution in [-0.2, 0) is 0 Å². The van der Waals surface area contributed by atoms with Crippen molar-refractivity contribution in [3.8, 4) is 11.3 Å². The minimum absolute atomic E-state index is 0.563. The van der Waals surface area contributed by atoms with Gasteiger partial charge in [-0.1, -0.05) is 18.2 Å². The highest BCUT2D eigenvalue weighted by Gasteiger charge is 2.00. The summed E-state index contributed by atoms with van der Waals surface area (Å²) in [5, 5.41) is 2.51. The van der Waals surface area contributed by atoms with Crippen molar-refractivity contribution < 1.29 is 4.79 Å². The summed E-state index contributed by atoms with van der Waals surface area (Å²) < 4.78 is 0. The normalized spacial score (nSPS) is 9.94. The van der Waals surface area contributed by atoms with Crippen molar-refractivity contribution in [2.24, 2.45) is 5.73 Å². The first kappa shape index (κ1) is 11.1. The monoisotopic (exact) mass is 227 g/mol. The topological polar surface area (TPSA) is 68.0 Å². The molecule has 0 bridgehead atoms. The number of hydrogen-bond acceptors (Lipinski definition) is 2. The van der Waals surface area contributed by atoms with Crippen LogP contribution in [-0.4, -0.2) is 11.0 Å². The van der Waals surface area contributed by atoms with Crippen LogP contribution in [0.2, 0.25) is 0 Å². The van der Waals surface area contributed by atoms with Gasteiger partial charge in [0, 0.05) is 16.9 Å². The fourth-order valence-corrected chi connectivity index (χ4v) is 1.57. The van der Waals surface area contributed by atoms with Gasteiger partial charge in [-0.15, -0.1) is 0 Å². The van der Waals surface area contributed by atoms with E-state index in [0.717, 1.165) is 17.0 Å². The zero-order chi connectivity index (χ0) is 12.3. The average molecular weight is 227 g/mol. The number of aromatic nitrogens is 1. The van der Waals surface area contributed by atoms with Crippen molar-refractivity contribution in [3.63, 3.8) is 0 Å². The molecular weight excluding hydrogens is 214 g/mol. The molecule has 17 heavy (non-hydrogen) atoms. The van der Waals surface area contributed by atoms with Gasteiger partial charge in [-0.2, -0.15) is 0 Å². The first-order valence-corrected chi connectivity index (χ1v) is 5.26. The van der Waals surface area contributed by atoms with Crippen LogP contribution in [0.25, 0.3) is 11.3 Å². The van der Waals surface area contributed by atoms with Gasteiger partial charge in [0.1, 0.15) is 0 Å². The smallest absolute Gasteiger partial charge is 0.316 e. The molecule has 1 heterocycles. The van der Waals surface area contributed by atoms with E-state index in [4.69, 9.17) is 5.73 Å². The molecule has 0 aliphatic carbocycles. The highest BCUT2D eigenvalue weighted by Crippen LogP contribution is 2.19. The van der Waals surface area contributed by atoms with Crippen molar-refractivity contribution in [1.29, 1.82) is 0 Å². The number of nitrogens with two attached hydrogens (primary N) is 1. The van der Waals surface area contributed by atoms with Crippen LogP contribution in [0.5, 0.6) is 0 Å². The first-order chi connectivity index (χ1) is 8.15. The molecule has 4 nitrogen and oxygen atoms in total. The van der Waals surface area contributed by atoms with Gasteiger partial charge in [-0.05, 0) is 31.2 Å². The van der Waals surface area contributed by atoms with Crippen molar-refractivity contribution in [1.82, 2.24) is 4.98 Å². The molecule has 3 N–H and O–H groups in total. The summed E-state index contributed by atoms with van der Waals surface area (Å²) in [4.78, 5) is 15.1. The highest BCUT2D eigenvalue weighted by atomic mass is 16.2. The van der Waals surface area contributed by atoms with E-state index in [2.05, 4.69) is 10.3 Å². The van der Waals surface area contributed by atoms with Crippen molar-refractivity contribution >= 4 is 11.7 Å². The summed E-state index contributed by atoms with van der Waals surface area (Å²) >= 11 is 0. The van der Waals surface area contributed by atoms with Crippen molar-refractivity contribution in [2.75, 3.05) is 5.32 Å². The lowest BCUT2D eigenvalue weighted by molar-refractivity contribution is 0.259. The highest BCUT2D eigenvalue weighted by molar-refractivity contribution is 5.88. The average Bonchev–Trinajstić information content (AvgIpc) is 2.29. The lowest BCUT2D eigenvalue weighted by Crippen LogP contribution is -2.19. The molecule has 0 atom stereocenters. The molecular formula is C13H13N3O. The minimum atomic E-state index is -0.563. The molecule has 0 fully saturated rings. The maximum Gasteiger partial charge on any atom is 0.316 e. The number of urea groups is 1. The van der Waals surface area contributed by atoms with Gasteiger partial charge in [-0.3, -0.25) is 4.98 Å². The van der Waals surface area contributed by atoms with Crippen LogP contribution in [0, 0.1) is 6.92 Å². The van der Waals surface area contributed by atoms with Gasteiger partial charge >= 0.3 is 6.03 Å². The Balaban J connectivity index is 2.26. The van der Waals surface area contributed by atoms with Crippen LogP contribution in [0.1, 0.15) is 5.69 Å². The fraction of sp³-hybridized carbons (Fsp3) is 0.0769. The second-order valence-corrected chi connectivity index (χ2v) is 3.73. The molecule has 0 saturated carbocycles. The largest absolute Gasteiger partial charge is 0.351 e. The van der Waals surface area contributed by atoms with E-state index in [1.54, 1.807) is 12.1 Å². The molecule has 1 aromatic heterocycles. The summed E-state index contributed by atoms with van der Waals surface area (Å²) in [6.07, 6.45) is 0. The lowest BCUT2D eigenvalue weighted by atomic mass is 10.1. The molecule has 4 heteroatoms. The predicted octanol–water partition coefficient (Wildman–Crippen LogP) is 2.55. The number of nitrogens with zero attached hydrogens (tertiary/aromatic N) is 1. The number of primary amides is 1. The number of anilines is 1. The Morgan fingerprint density at radius 1 is 1.18 bits per heavy atom. The Labute approximate surface area is 99.5 Å². The third-order valence-corrected chi connectivity index (χ3v) is 2.34. The zero-order valence-corrected chi connectivity index (χ0v) is 9.47. The lowest BCUT2D eigenvalue weighted by Gasteiger charge is -2.04. The van der Waals surface area contributed by atoms with Gasteiger partial charge in [0.15, 0.2) is 0 Å². The summed E-state index contributed by atoms with van der Waals surface area (Å²) in [6, 6.07) is 12.7. The predicted molar refractivity (Wildman–Crippen MR) is 67.6 cm³/mol. The molecule has 0 aliphatic rings. The van der Waals surface area contributed by atoms with Crippen molar-refractivity contribution in [3.05, 3.63) is 48.2 Å². The third-order valence-electron chi connectivity index (χ3n) is 2.34. The molecule has 0 saturated heterocycles. The zero-order valence-electron chi connectivity index (χ0n) is 9.47. The number of carbonyl (C=O) groups excluding carboxylic acids is 1. The molecule has 2 rings (SSSR count). The molecule has 0 spiro atoms. The molecule has 2 aromatic rings. The first-order valence-electron chi connectivity index (χ1n) is 5.26. The van der Waals surface area contributed by atoms with Crippen LogP contribution < -0.4 is 11.1 Å². The second kappa shape index (κ2) is 4.65. The molecule has 86 valence electrons.